The van der Waals surface area contributed by atoms with Gasteiger partial charge in [-0.1, -0.05) is 6.08 Å². The average Bonchev–Trinajstić information content (AvgIpc) is 3.04. The van der Waals surface area contributed by atoms with Gasteiger partial charge in [-0.25, -0.2) is 0 Å². The number of nitrogens with zero attached hydrogens (tertiary/aromatic N) is 2. The van der Waals surface area contributed by atoms with E-state index in [0.29, 0.717) is 27.8 Å². The summed E-state index contributed by atoms with van der Waals surface area (Å²) >= 11 is 5.21. The molecule has 0 radical (unpaired) electrons. The Labute approximate surface area is 132 Å². The quantitative estimate of drug-likeness (QED) is 0.699. The fourth-order valence-electron chi connectivity index (χ4n) is 2.79. The van der Waals surface area contributed by atoms with Crippen molar-refractivity contribution in [1.29, 1.82) is 0 Å². The first-order valence-electron chi connectivity index (χ1n) is 7.29. The molecule has 0 saturated carbocycles. The van der Waals surface area contributed by atoms with Crippen LogP contribution in [0.1, 0.15) is 23.2 Å². The van der Waals surface area contributed by atoms with Crippen molar-refractivity contribution >= 4 is 29.0 Å². The zero-order chi connectivity index (χ0) is 15.7. The Bertz CT molecular complexity index is 860. The monoisotopic (exact) mass is 315 g/mol. The molecule has 5 nitrogen and oxygen atoms in total. The maximum Gasteiger partial charge on any atom is 0.262 e. The molecule has 1 aromatic heterocycles. The van der Waals surface area contributed by atoms with Crippen LogP contribution in [0.4, 0.5) is 0 Å². The van der Waals surface area contributed by atoms with Gasteiger partial charge in [0.15, 0.2) is 4.77 Å². The van der Waals surface area contributed by atoms with Crippen molar-refractivity contribution < 1.29 is 4.79 Å². The number of nitrogens with one attached hydrogen (secondary N) is 1. The van der Waals surface area contributed by atoms with Gasteiger partial charge in [-0.05, 0) is 43.3 Å². The molecule has 3 rings (SSSR count). The summed E-state index contributed by atoms with van der Waals surface area (Å²) in [7, 11) is 0. The first-order chi connectivity index (χ1) is 10.6. The number of aromatic nitrogens is 2. The van der Waals surface area contributed by atoms with E-state index < -0.39 is 0 Å². The number of H-pyrrole nitrogens is 1. The second kappa shape index (κ2) is 5.88. The third kappa shape index (κ3) is 2.50. The number of fused-ring (bicyclic) bond motifs is 1. The minimum Gasteiger partial charge on any atom is -0.339 e. The van der Waals surface area contributed by atoms with Gasteiger partial charge in [0.05, 0.1) is 10.9 Å². The van der Waals surface area contributed by atoms with E-state index in [0.717, 1.165) is 25.9 Å². The zero-order valence-electron chi connectivity index (χ0n) is 12.2. The standard InChI is InChI=1S/C16H17N3O2S/c1-2-7-19-15(21)12-6-5-11(10-13(12)17-16(19)22)14(20)18-8-3-4-9-18/h2,5-6,10H,1,3-4,7-9H2,(H,17,22). The molecule has 0 atom stereocenters. The summed E-state index contributed by atoms with van der Waals surface area (Å²) < 4.78 is 1.79. The lowest BCUT2D eigenvalue weighted by atomic mass is 10.1. The number of carbonyl (C=O) groups excluding carboxylic acids is 1. The van der Waals surface area contributed by atoms with Crippen LogP contribution in [-0.2, 0) is 6.54 Å². The molecule has 1 aliphatic rings. The molecule has 2 aromatic rings. The normalized spacial score (nSPS) is 14.5. The van der Waals surface area contributed by atoms with Crippen LogP contribution in [-0.4, -0.2) is 33.4 Å². The van der Waals surface area contributed by atoms with E-state index >= 15 is 0 Å². The van der Waals surface area contributed by atoms with Gasteiger partial charge < -0.3 is 9.88 Å². The van der Waals surface area contributed by atoms with Gasteiger partial charge in [-0.2, -0.15) is 0 Å². The van der Waals surface area contributed by atoms with Gasteiger partial charge >= 0.3 is 0 Å². The number of allylic oxidation sites excluding steroid dienone is 1. The molecule has 1 amide bonds. The maximum atomic E-state index is 12.4. The molecule has 1 fully saturated rings. The van der Waals surface area contributed by atoms with Crippen LogP contribution in [0, 0.1) is 4.77 Å². The van der Waals surface area contributed by atoms with Gasteiger partial charge in [0.1, 0.15) is 0 Å². The molecule has 1 aromatic carbocycles. The lowest BCUT2D eigenvalue weighted by Gasteiger charge is -2.15. The smallest absolute Gasteiger partial charge is 0.262 e. The van der Waals surface area contributed by atoms with Crippen molar-refractivity contribution in [1.82, 2.24) is 14.5 Å². The first-order valence-corrected chi connectivity index (χ1v) is 7.69. The molecule has 1 N–H and O–H groups in total. The molecule has 6 heteroatoms. The van der Waals surface area contributed by atoms with E-state index in [1.54, 1.807) is 24.3 Å². The molecule has 1 aliphatic heterocycles. The third-order valence-electron chi connectivity index (χ3n) is 3.93. The Morgan fingerprint density at radius 2 is 2.09 bits per heavy atom. The molecule has 0 spiro atoms. The summed E-state index contributed by atoms with van der Waals surface area (Å²) in [5, 5.41) is 0.522. The van der Waals surface area contributed by atoms with Gasteiger partial charge in [0.2, 0.25) is 0 Å². The topological polar surface area (TPSA) is 58.1 Å². The fourth-order valence-corrected chi connectivity index (χ4v) is 3.05. The zero-order valence-corrected chi connectivity index (χ0v) is 13.0. The van der Waals surface area contributed by atoms with Gasteiger partial charge in [-0.15, -0.1) is 6.58 Å². The molecule has 22 heavy (non-hydrogen) atoms. The van der Waals surface area contributed by atoms with E-state index in [2.05, 4.69) is 11.6 Å². The lowest BCUT2D eigenvalue weighted by Crippen LogP contribution is -2.28. The summed E-state index contributed by atoms with van der Waals surface area (Å²) in [6.45, 7) is 5.59. The Morgan fingerprint density at radius 1 is 1.36 bits per heavy atom. The highest BCUT2D eigenvalue weighted by Crippen LogP contribution is 2.16. The molecule has 0 bridgehead atoms. The van der Waals surface area contributed by atoms with Crippen LogP contribution in [0.2, 0.25) is 0 Å². The average molecular weight is 315 g/mol. The summed E-state index contributed by atoms with van der Waals surface area (Å²) in [6, 6.07) is 5.11. The number of aromatic amines is 1. The van der Waals surface area contributed by atoms with Gasteiger partial charge in [0, 0.05) is 25.2 Å². The number of hydrogen-bond acceptors (Lipinski definition) is 3. The van der Waals surface area contributed by atoms with E-state index in [4.69, 9.17) is 12.2 Å². The Hall–Kier alpha value is -2.21. The number of hydrogen-bond donors (Lipinski definition) is 1. The van der Waals surface area contributed by atoms with Crippen LogP contribution in [0.15, 0.2) is 35.6 Å². The van der Waals surface area contributed by atoms with Crippen LogP contribution in [0.25, 0.3) is 10.9 Å². The van der Waals surface area contributed by atoms with E-state index in [1.807, 2.05) is 4.90 Å². The van der Waals surface area contributed by atoms with E-state index in [1.165, 1.54) is 4.57 Å². The molecule has 1 saturated heterocycles. The number of carbonyl (C=O) groups is 1. The van der Waals surface area contributed by atoms with Crippen LogP contribution in [0.3, 0.4) is 0 Å². The summed E-state index contributed by atoms with van der Waals surface area (Å²) in [6.07, 6.45) is 3.73. The van der Waals surface area contributed by atoms with Crippen LogP contribution in [0.5, 0.6) is 0 Å². The van der Waals surface area contributed by atoms with Crippen molar-refractivity contribution in [2.45, 2.75) is 19.4 Å². The Balaban J connectivity index is 2.09. The second-order valence-electron chi connectivity index (χ2n) is 5.39. The largest absolute Gasteiger partial charge is 0.339 e. The summed E-state index contributed by atoms with van der Waals surface area (Å²) in [5.41, 5.74) is 1.01. The lowest BCUT2D eigenvalue weighted by molar-refractivity contribution is 0.0793. The molecule has 2 heterocycles. The fraction of sp³-hybridized carbons (Fsp3) is 0.312. The summed E-state index contributed by atoms with van der Waals surface area (Å²) in [4.78, 5) is 29.7. The van der Waals surface area contributed by atoms with Crippen molar-refractivity contribution in [3.63, 3.8) is 0 Å². The highest BCUT2D eigenvalue weighted by Gasteiger charge is 2.20. The molecule has 114 valence electrons. The number of amides is 1. The predicted octanol–water partition coefficient (Wildman–Crippen LogP) is 2.48. The minimum atomic E-state index is -0.168. The third-order valence-corrected chi connectivity index (χ3v) is 4.26. The predicted molar refractivity (Wildman–Crippen MR) is 88.7 cm³/mol. The van der Waals surface area contributed by atoms with Gasteiger partial charge in [-0.3, -0.25) is 14.2 Å². The molecule has 0 aliphatic carbocycles. The van der Waals surface area contributed by atoms with E-state index in [9.17, 15) is 9.59 Å². The maximum absolute atomic E-state index is 12.4. The second-order valence-corrected chi connectivity index (χ2v) is 5.78. The molecule has 0 unspecified atom stereocenters. The Kier molecular flexibility index (Phi) is 3.94. The summed E-state index contributed by atoms with van der Waals surface area (Å²) in [5.74, 6) is 0.00832. The van der Waals surface area contributed by atoms with Crippen molar-refractivity contribution in [3.05, 3.63) is 51.5 Å². The van der Waals surface area contributed by atoms with E-state index in [-0.39, 0.29) is 11.5 Å². The Morgan fingerprint density at radius 3 is 2.77 bits per heavy atom. The number of benzene rings is 1. The highest BCUT2D eigenvalue weighted by molar-refractivity contribution is 7.71. The first kappa shape index (κ1) is 14.7. The highest BCUT2D eigenvalue weighted by atomic mass is 32.1. The van der Waals surface area contributed by atoms with Crippen molar-refractivity contribution in [2.75, 3.05) is 13.1 Å². The van der Waals surface area contributed by atoms with Crippen molar-refractivity contribution in [3.8, 4) is 0 Å². The number of likely N-dealkylation sites (tertiary alicyclic amines) is 1. The molecular weight excluding hydrogens is 298 g/mol. The van der Waals surface area contributed by atoms with Crippen LogP contribution >= 0.6 is 12.2 Å². The number of rotatable bonds is 3. The van der Waals surface area contributed by atoms with Crippen LogP contribution < -0.4 is 5.56 Å². The van der Waals surface area contributed by atoms with Crippen molar-refractivity contribution in [2.24, 2.45) is 0 Å². The molecular formula is C16H17N3O2S. The SMILES string of the molecule is C=CCn1c(=S)[nH]c2cc(C(=O)N3CCCC3)ccc2c1=O. The minimum absolute atomic E-state index is 0.00832. The van der Waals surface area contributed by atoms with Gasteiger partial charge in [0.25, 0.3) is 11.5 Å².